The molecule has 0 amide bonds. The maximum Gasteiger partial charge on any atom is 0.263 e. The number of hydrogen-bond donors (Lipinski definition) is 2. The molecule has 1 aromatic heterocycles. The van der Waals surface area contributed by atoms with Crippen LogP contribution in [0.1, 0.15) is 5.56 Å². The van der Waals surface area contributed by atoms with Crippen molar-refractivity contribution in [2.75, 3.05) is 17.6 Å². The maximum atomic E-state index is 12.3. The first-order valence-electron chi connectivity index (χ1n) is 5.92. The number of sulfonamides is 1. The SMILES string of the molecule is COc1ccc(S(=O)(=O)Nc2ncc(Br)cc2C)cc1N. The first-order valence-corrected chi connectivity index (χ1v) is 8.19. The molecule has 0 spiro atoms. The highest BCUT2D eigenvalue weighted by atomic mass is 79.9. The van der Waals surface area contributed by atoms with Crippen LogP contribution in [-0.2, 0) is 10.0 Å². The minimum atomic E-state index is -3.76. The number of nitrogens with zero attached hydrogens (tertiary/aromatic N) is 1. The highest BCUT2D eigenvalue weighted by molar-refractivity contribution is 9.10. The van der Waals surface area contributed by atoms with E-state index in [-0.39, 0.29) is 16.4 Å². The Morgan fingerprint density at radius 2 is 2.05 bits per heavy atom. The summed E-state index contributed by atoms with van der Waals surface area (Å²) in [4.78, 5) is 4.10. The van der Waals surface area contributed by atoms with Crippen LogP contribution in [-0.4, -0.2) is 20.5 Å². The van der Waals surface area contributed by atoms with Gasteiger partial charge in [0.15, 0.2) is 0 Å². The highest BCUT2D eigenvalue weighted by Gasteiger charge is 2.17. The fourth-order valence-electron chi connectivity index (χ4n) is 1.71. The van der Waals surface area contributed by atoms with Gasteiger partial charge in [-0.1, -0.05) is 0 Å². The largest absolute Gasteiger partial charge is 0.495 e. The van der Waals surface area contributed by atoms with Gasteiger partial charge in [-0.15, -0.1) is 0 Å². The lowest BCUT2D eigenvalue weighted by molar-refractivity contribution is 0.416. The number of hydrogen-bond acceptors (Lipinski definition) is 5. The van der Waals surface area contributed by atoms with Crippen LogP contribution in [0.2, 0.25) is 0 Å². The third-order valence-corrected chi connectivity index (χ3v) is 4.56. The number of nitrogens with one attached hydrogen (secondary N) is 1. The zero-order chi connectivity index (χ0) is 15.6. The second-order valence-electron chi connectivity index (χ2n) is 4.33. The summed E-state index contributed by atoms with van der Waals surface area (Å²) in [5, 5.41) is 0. The lowest BCUT2D eigenvalue weighted by atomic mass is 10.3. The van der Waals surface area contributed by atoms with Crippen molar-refractivity contribution in [1.29, 1.82) is 0 Å². The molecular weight excluding hydrogens is 358 g/mol. The van der Waals surface area contributed by atoms with Crippen LogP contribution >= 0.6 is 15.9 Å². The Kier molecular flexibility index (Phi) is 4.38. The number of nitrogen functional groups attached to an aromatic ring is 1. The van der Waals surface area contributed by atoms with E-state index in [4.69, 9.17) is 10.5 Å². The molecule has 2 rings (SSSR count). The van der Waals surface area contributed by atoms with Crippen LogP contribution in [0.15, 0.2) is 39.8 Å². The third kappa shape index (κ3) is 3.45. The summed E-state index contributed by atoms with van der Waals surface area (Å²) in [5.41, 5.74) is 6.69. The van der Waals surface area contributed by atoms with Crippen LogP contribution < -0.4 is 15.2 Å². The van der Waals surface area contributed by atoms with Gasteiger partial charge in [0.25, 0.3) is 10.0 Å². The maximum absolute atomic E-state index is 12.3. The van der Waals surface area contributed by atoms with Crippen LogP contribution in [0, 0.1) is 6.92 Å². The predicted molar refractivity (Wildman–Crippen MR) is 84.9 cm³/mol. The lowest BCUT2D eigenvalue weighted by Crippen LogP contribution is -2.15. The van der Waals surface area contributed by atoms with Gasteiger partial charge in [0.1, 0.15) is 11.6 Å². The normalized spacial score (nSPS) is 11.2. The molecule has 0 radical (unpaired) electrons. The number of aromatic nitrogens is 1. The van der Waals surface area contributed by atoms with Gasteiger partial charge in [-0.3, -0.25) is 4.72 Å². The van der Waals surface area contributed by atoms with E-state index in [1.54, 1.807) is 13.0 Å². The molecule has 3 N–H and O–H groups in total. The first kappa shape index (κ1) is 15.6. The lowest BCUT2D eigenvalue weighted by Gasteiger charge is -2.11. The molecule has 8 heteroatoms. The minimum absolute atomic E-state index is 0.0462. The number of anilines is 2. The topological polar surface area (TPSA) is 94.3 Å². The number of nitrogens with two attached hydrogens (primary N) is 1. The molecule has 0 aliphatic carbocycles. The molecule has 1 heterocycles. The molecule has 0 bridgehead atoms. The summed E-state index contributed by atoms with van der Waals surface area (Å²) < 4.78 is 32.9. The third-order valence-electron chi connectivity index (χ3n) is 2.79. The summed E-state index contributed by atoms with van der Waals surface area (Å²) in [6.45, 7) is 1.76. The Balaban J connectivity index is 2.36. The molecule has 21 heavy (non-hydrogen) atoms. The Morgan fingerprint density at radius 1 is 1.33 bits per heavy atom. The number of aryl methyl sites for hydroxylation is 1. The zero-order valence-corrected chi connectivity index (χ0v) is 13.8. The second kappa shape index (κ2) is 5.90. The average molecular weight is 372 g/mol. The van der Waals surface area contributed by atoms with E-state index in [0.717, 1.165) is 4.47 Å². The van der Waals surface area contributed by atoms with Gasteiger partial charge in [0.05, 0.1) is 17.7 Å². The van der Waals surface area contributed by atoms with Gasteiger partial charge in [0, 0.05) is 10.7 Å². The summed E-state index contributed by atoms with van der Waals surface area (Å²) in [6, 6.07) is 6.04. The first-order chi connectivity index (χ1) is 9.83. The van der Waals surface area contributed by atoms with E-state index in [0.29, 0.717) is 11.3 Å². The summed E-state index contributed by atoms with van der Waals surface area (Å²) >= 11 is 3.28. The van der Waals surface area contributed by atoms with Crippen LogP contribution in [0.3, 0.4) is 0 Å². The summed E-state index contributed by atoms with van der Waals surface area (Å²) in [5.74, 6) is 0.694. The van der Waals surface area contributed by atoms with Gasteiger partial charge < -0.3 is 10.5 Å². The summed E-state index contributed by atoms with van der Waals surface area (Å²) in [7, 11) is -2.29. The van der Waals surface area contributed by atoms with Gasteiger partial charge in [0.2, 0.25) is 0 Å². The van der Waals surface area contributed by atoms with Crippen molar-refractivity contribution in [2.24, 2.45) is 0 Å². The quantitative estimate of drug-likeness (QED) is 0.805. The Morgan fingerprint density at radius 3 is 2.62 bits per heavy atom. The number of pyridine rings is 1. The Bertz CT molecular complexity index is 778. The van der Waals surface area contributed by atoms with Crippen molar-refractivity contribution in [3.63, 3.8) is 0 Å². The van der Waals surface area contributed by atoms with E-state index in [9.17, 15) is 8.42 Å². The van der Waals surface area contributed by atoms with E-state index in [2.05, 4.69) is 25.6 Å². The van der Waals surface area contributed by atoms with E-state index in [1.165, 1.54) is 31.5 Å². The smallest absolute Gasteiger partial charge is 0.263 e. The van der Waals surface area contributed by atoms with Gasteiger partial charge in [-0.05, 0) is 52.7 Å². The highest BCUT2D eigenvalue weighted by Crippen LogP contribution is 2.26. The van der Waals surface area contributed by atoms with Gasteiger partial charge in [-0.2, -0.15) is 0 Å². The van der Waals surface area contributed by atoms with Crippen LogP contribution in [0.4, 0.5) is 11.5 Å². The average Bonchev–Trinajstić information content (AvgIpc) is 2.42. The van der Waals surface area contributed by atoms with Crippen molar-refractivity contribution in [2.45, 2.75) is 11.8 Å². The van der Waals surface area contributed by atoms with E-state index >= 15 is 0 Å². The molecule has 6 nitrogen and oxygen atoms in total. The van der Waals surface area contributed by atoms with Gasteiger partial charge >= 0.3 is 0 Å². The number of benzene rings is 1. The molecule has 0 aliphatic rings. The van der Waals surface area contributed by atoms with Crippen molar-refractivity contribution in [1.82, 2.24) is 4.98 Å². The van der Waals surface area contributed by atoms with Crippen LogP contribution in [0.5, 0.6) is 5.75 Å². The standard InChI is InChI=1S/C13H14BrN3O3S/c1-8-5-9(14)7-16-13(8)17-21(18,19)10-3-4-12(20-2)11(15)6-10/h3-7H,15H2,1-2H3,(H,16,17). The molecule has 112 valence electrons. The summed E-state index contributed by atoms with van der Waals surface area (Å²) in [6.07, 6.45) is 1.52. The molecule has 0 atom stereocenters. The minimum Gasteiger partial charge on any atom is -0.495 e. The molecule has 0 fully saturated rings. The van der Waals surface area contributed by atoms with Crippen molar-refractivity contribution in [3.8, 4) is 5.75 Å². The molecular formula is C13H14BrN3O3S. The van der Waals surface area contributed by atoms with Crippen molar-refractivity contribution < 1.29 is 13.2 Å². The van der Waals surface area contributed by atoms with Crippen molar-refractivity contribution >= 4 is 37.5 Å². The fraction of sp³-hybridized carbons (Fsp3) is 0.154. The van der Waals surface area contributed by atoms with E-state index < -0.39 is 10.0 Å². The van der Waals surface area contributed by atoms with Crippen LogP contribution in [0.25, 0.3) is 0 Å². The number of rotatable bonds is 4. The Hall–Kier alpha value is -1.80. The molecule has 0 unspecified atom stereocenters. The number of halogens is 1. The molecule has 1 aromatic carbocycles. The fourth-order valence-corrected chi connectivity index (χ4v) is 3.27. The molecule has 0 saturated heterocycles. The van der Waals surface area contributed by atoms with Gasteiger partial charge in [-0.25, -0.2) is 13.4 Å². The number of ether oxygens (including phenoxy) is 1. The molecule has 0 saturated carbocycles. The molecule has 2 aromatic rings. The predicted octanol–water partition coefficient (Wildman–Crippen LogP) is 2.54. The number of methoxy groups -OCH3 is 1. The van der Waals surface area contributed by atoms with E-state index in [1.807, 2.05) is 0 Å². The Labute approximate surface area is 131 Å². The van der Waals surface area contributed by atoms with Crippen molar-refractivity contribution in [3.05, 3.63) is 40.5 Å². The zero-order valence-electron chi connectivity index (χ0n) is 11.4. The monoisotopic (exact) mass is 371 g/mol. The molecule has 0 aliphatic heterocycles. The second-order valence-corrected chi connectivity index (χ2v) is 6.93.